The number of hydrogen-bond donors (Lipinski definition) is 1. The van der Waals surface area contributed by atoms with Gasteiger partial charge in [-0.05, 0) is 0 Å². The molecule has 0 amide bonds. The molecule has 4 nitrogen and oxygen atoms in total. The zero-order chi connectivity index (χ0) is 8.55. The van der Waals surface area contributed by atoms with Crippen LogP contribution in [0.15, 0.2) is 18.2 Å². The molecular weight excluding hydrogens is 357 g/mol. The van der Waals surface area contributed by atoms with Crippen molar-refractivity contribution in [3.05, 3.63) is 23.8 Å². The van der Waals surface area contributed by atoms with Crippen LogP contribution < -0.4 is 5.63 Å². The van der Waals surface area contributed by atoms with Crippen molar-refractivity contribution < 1.29 is 15.5 Å². The fraction of sp³-hybridized carbons (Fsp3) is 0. The van der Waals surface area contributed by atoms with E-state index < -0.39 is 30.1 Å². The molecule has 1 heterocycles. The summed E-state index contributed by atoms with van der Waals surface area (Å²) in [4.78, 5) is 10.5. The zero-order valence-corrected chi connectivity index (χ0v) is 9.79. The molecule has 0 bridgehead atoms. The first-order valence-electron chi connectivity index (χ1n) is 3.23. The third kappa shape index (κ3) is 1.25. The molecule has 1 aromatic carbocycles. The van der Waals surface area contributed by atoms with Crippen molar-refractivity contribution in [2.45, 2.75) is 0 Å². The van der Waals surface area contributed by atoms with Gasteiger partial charge in [-0.1, -0.05) is 0 Å². The molecule has 12 heavy (non-hydrogen) atoms. The van der Waals surface area contributed by atoms with Gasteiger partial charge in [0.1, 0.15) is 0 Å². The molecule has 1 aliphatic heterocycles. The Balaban J connectivity index is 2.45. The summed E-state index contributed by atoms with van der Waals surface area (Å²) in [5.41, 5.74) is 0.239. The maximum atomic E-state index is 10.5. The maximum absolute atomic E-state index is 10.5. The fourth-order valence-electron chi connectivity index (χ4n) is 0.916. The quantitative estimate of drug-likeness (QED) is 0.736. The van der Waals surface area contributed by atoms with Crippen LogP contribution in [0.1, 0.15) is 10.4 Å². The summed E-state index contributed by atoms with van der Waals surface area (Å²) in [6.45, 7) is 0. The van der Waals surface area contributed by atoms with Crippen molar-refractivity contribution in [3.63, 3.8) is 0 Å². The van der Waals surface area contributed by atoms with Gasteiger partial charge < -0.3 is 0 Å². The Labute approximate surface area is 80.9 Å². The predicted molar refractivity (Wildman–Crippen MR) is 41.8 cm³/mol. The Morgan fingerprint density at radius 1 is 1.33 bits per heavy atom. The fourth-order valence-corrected chi connectivity index (χ4v) is 3.05. The van der Waals surface area contributed by atoms with Crippen molar-refractivity contribution in [2.75, 3.05) is 0 Å². The molecule has 0 aromatic heterocycles. The van der Waals surface area contributed by atoms with E-state index in [4.69, 9.17) is 10.7 Å². The molecule has 0 atom stereocenters. The molecule has 2 rings (SSSR count). The van der Waals surface area contributed by atoms with Crippen molar-refractivity contribution in [1.82, 2.24) is 0 Å². The minimum absolute atomic E-state index is 0.239. The second-order valence-electron chi connectivity index (χ2n) is 2.25. The summed E-state index contributed by atoms with van der Waals surface area (Å²) >= 11 is -1.39. The molecule has 1 aromatic rings. The normalized spacial score (nSPS) is 13.0. The van der Waals surface area contributed by atoms with E-state index in [1.54, 1.807) is 6.07 Å². The number of carbonyl (C=O) groups is 1. The Morgan fingerprint density at radius 2 is 2.08 bits per heavy atom. The first kappa shape index (κ1) is 7.80. The molecule has 0 fully saturated rings. The van der Waals surface area contributed by atoms with Crippen molar-refractivity contribution in [2.24, 2.45) is 0 Å². The number of hydrogen-bond acceptors (Lipinski definition) is 3. The van der Waals surface area contributed by atoms with E-state index >= 15 is 0 Å². The van der Waals surface area contributed by atoms with Crippen molar-refractivity contribution >= 4 is 30.1 Å². The summed E-state index contributed by atoms with van der Waals surface area (Å²) < 4.78 is 10.4. The number of carboxylic acid groups (broad SMARTS) is 1. The van der Waals surface area contributed by atoms with E-state index in [-0.39, 0.29) is 5.56 Å². The topological polar surface area (TPSA) is 55.8 Å². The predicted octanol–water partition coefficient (Wildman–Crippen LogP) is 0.422. The first-order valence-corrected chi connectivity index (χ1v) is 6.41. The summed E-state index contributed by atoms with van der Waals surface area (Å²) in [5.74, 6) is 0.322. The molecule has 62 valence electrons. The summed E-state index contributed by atoms with van der Waals surface area (Å²) in [6, 6.07) is 4.65. The van der Waals surface area contributed by atoms with Gasteiger partial charge in [-0.25, -0.2) is 0 Å². The van der Waals surface area contributed by atoms with Crippen LogP contribution in [0.4, 0.5) is 0 Å². The Kier molecular flexibility index (Phi) is 1.89. The molecule has 0 saturated heterocycles. The third-order valence-corrected chi connectivity index (χ3v) is 3.85. The minimum atomic E-state index is -1.39. The van der Waals surface area contributed by atoms with E-state index in [1.165, 1.54) is 12.1 Å². The third-order valence-electron chi connectivity index (χ3n) is 1.49. The van der Waals surface area contributed by atoms with Gasteiger partial charge in [0.2, 0.25) is 0 Å². The van der Waals surface area contributed by atoms with Crippen LogP contribution in [0, 0.1) is 0 Å². The van der Waals surface area contributed by atoms with E-state index in [9.17, 15) is 4.79 Å². The van der Waals surface area contributed by atoms with Crippen LogP contribution in [0.5, 0.6) is 11.5 Å². The second-order valence-corrected chi connectivity index (χ2v) is 4.49. The zero-order valence-electron chi connectivity index (χ0n) is 5.90. The van der Waals surface area contributed by atoms with Gasteiger partial charge in [0.05, 0.1) is 0 Å². The van der Waals surface area contributed by atoms with Gasteiger partial charge in [0.15, 0.2) is 0 Å². The molecule has 0 radical (unpaired) electrons. The van der Waals surface area contributed by atoms with Crippen LogP contribution in [0.2, 0.25) is 0 Å². The average Bonchev–Trinajstić information content (AvgIpc) is 2.49. The number of aromatic carboxylic acids is 1. The van der Waals surface area contributed by atoms with Crippen LogP contribution in [0.25, 0.3) is 0 Å². The Bertz CT molecular complexity index is 336. The van der Waals surface area contributed by atoms with Gasteiger partial charge in [-0.2, -0.15) is 0 Å². The van der Waals surface area contributed by atoms with Crippen molar-refractivity contribution in [3.8, 4) is 11.5 Å². The number of rotatable bonds is 1. The SMILES string of the molecule is O=C(O)c1ccc2c(c1)[O][BiH][O]2. The van der Waals surface area contributed by atoms with Crippen molar-refractivity contribution in [1.29, 1.82) is 0 Å². The molecule has 0 spiro atoms. The Morgan fingerprint density at radius 3 is 2.83 bits per heavy atom. The summed E-state index contributed by atoms with van der Waals surface area (Å²) in [5, 5.41) is 8.64. The summed E-state index contributed by atoms with van der Waals surface area (Å²) in [7, 11) is 0. The molecule has 5 heteroatoms. The number of carboxylic acids is 1. The van der Waals surface area contributed by atoms with E-state index in [2.05, 4.69) is 0 Å². The van der Waals surface area contributed by atoms with Crippen LogP contribution in [-0.4, -0.2) is 35.2 Å². The van der Waals surface area contributed by atoms with E-state index in [1.807, 2.05) is 0 Å². The molecule has 0 unspecified atom stereocenters. The average molecular weight is 362 g/mol. The Hall–Kier alpha value is -0.827. The van der Waals surface area contributed by atoms with Crippen LogP contribution in [-0.2, 0) is 0 Å². The molecule has 0 aliphatic carbocycles. The molecule has 1 aliphatic rings. The van der Waals surface area contributed by atoms with Gasteiger partial charge >= 0.3 is 80.9 Å². The monoisotopic (exact) mass is 362 g/mol. The van der Waals surface area contributed by atoms with E-state index in [0.29, 0.717) is 11.5 Å². The molecule has 0 saturated carbocycles. The summed E-state index contributed by atoms with van der Waals surface area (Å²) in [6.07, 6.45) is 0. The van der Waals surface area contributed by atoms with Crippen LogP contribution in [0.3, 0.4) is 0 Å². The number of benzene rings is 1. The molecule has 1 N–H and O–H groups in total. The first-order chi connectivity index (χ1) is 5.77. The number of fused-ring (bicyclic) bond motifs is 1. The van der Waals surface area contributed by atoms with Gasteiger partial charge in [0, 0.05) is 0 Å². The van der Waals surface area contributed by atoms with Crippen LogP contribution >= 0.6 is 0 Å². The van der Waals surface area contributed by atoms with Gasteiger partial charge in [-0.15, -0.1) is 0 Å². The molecular formula is C7H5BiO4. The van der Waals surface area contributed by atoms with E-state index in [0.717, 1.165) is 0 Å². The van der Waals surface area contributed by atoms with Gasteiger partial charge in [0.25, 0.3) is 0 Å². The standard InChI is InChI=1S/C7H6O4.Bi.H/c8-5-2-1-4(7(10)11)3-6(5)9;;/h1-3,8-9H,(H,10,11);;/q;+2;/p-2. The van der Waals surface area contributed by atoms with Gasteiger partial charge in [-0.3, -0.25) is 0 Å². The second kappa shape index (κ2) is 2.90.